The van der Waals surface area contributed by atoms with Crippen molar-refractivity contribution in [3.63, 3.8) is 0 Å². The summed E-state index contributed by atoms with van der Waals surface area (Å²) in [6, 6.07) is 33.0. The summed E-state index contributed by atoms with van der Waals surface area (Å²) in [7, 11) is 0. The van der Waals surface area contributed by atoms with Crippen LogP contribution in [0.3, 0.4) is 0 Å². The summed E-state index contributed by atoms with van der Waals surface area (Å²) in [5.74, 6) is 0.327. The fraction of sp³-hybridized carbons (Fsp3) is 0.0435. The van der Waals surface area contributed by atoms with Gasteiger partial charge in [-0.15, -0.1) is 0 Å². The maximum absolute atomic E-state index is 2.29. The molecule has 0 amide bonds. The molecule has 0 aliphatic heterocycles. The van der Waals surface area contributed by atoms with E-state index in [1.165, 1.54) is 38.6 Å². The highest BCUT2D eigenvalue weighted by atomic mass is 14.3. The molecule has 1 aliphatic carbocycles. The van der Waals surface area contributed by atoms with Crippen molar-refractivity contribution in [3.05, 3.63) is 108 Å². The first-order valence-corrected chi connectivity index (χ1v) is 8.09. The smallest absolute Gasteiger partial charge is 0.0358 e. The first-order chi connectivity index (χ1) is 11.4. The molecule has 0 heteroatoms. The van der Waals surface area contributed by atoms with Crippen molar-refractivity contribution in [2.75, 3.05) is 0 Å². The maximum Gasteiger partial charge on any atom is 0.0358 e. The number of fused-ring (bicyclic) bond motifs is 5. The Kier molecular flexibility index (Phi) is 2.65. The summed E-state index contributed by atoms with van der Waals surface area (Å²) in [4.78, 5) is 0. The molecule has 0 aromatic heterocycles. The van der Waals surface area contributed by atoms with Gasteiger partial charge in [0, 0.05) is 5.92 Å². The lowest BCUT2D eigenvalue weighted by Gasteiger charge is -2.16. The summed E-state index contributed by atoms with van der Waals surface area (Å²) in [5, 5.41) is 2.69. The fourth-order valence-electron chi connectivity index (χ4n) is 3.98. The van der Waals surface area contributed by atoms with Gasteiger partial charge in [0.2, 0.25) is 0 Å². The van der Waals surface area contributed by atoms with Crippen LogP contribution >= 0.6 is 0 Å². The molecule has 0 saturated heterocycles. The van der Waals surface area contributed by atoms with Gasteiger partial charge in [-0.3, -0.25) is 0 Å². The largest absolute Gasteiger partial charge is 0.0622 e. The second-order valence-corrected chi connectivity index (χ2v) is 6.18. The van der Waals surface area contributed by atoms with Crippen LogP contribution < -0.4 is 0 Å². The highest BCUT2D eigenvalue weighted by molar-refractivity contribution is 5.97. The average molecular weight is 292 g/mol. The predicted octanol–water partition coefficient (Wildman–Crippen LogP) is 6.00. The third-order valence-electron chi connectivity index (χ3n) is 4.95. The third-order valence-corrected chi connectivity index (χ3v) is 4.95. The van der Waals surface area contributed by atoms with Crippen molar-refractivity contribution in [1.29, 1.82) is 0 Å². The minimum Gasteiger partial charge on any atom is -0.0622 e. The minimum absolute atomic E-state index is 0.327. The summed E-state index contributed by atoms with van der Waals surface area (Å²) < 4.78 is 0. The molecule has 0 spiro atoms. The standard InChI is InChI=1S/C23H16/c1-2-9-17(10-3-1)22-20-13-7-6-12-19(20)21-15-14-16-8-4-5-11-18(16)23(21)22/h1-15,22H. The van der Waals surface area contributed by atoms with E-state index in [1.807, 2.05) is 0 Å². The van der Waals surface area contributed by atoms with Gasteiger partial charge < -0.3 is 0 Å². The molecule has 23 heavy (non-hydrogen) atoms. The second-order valence-electron chi connectivity index (χ2n) is 6.18. The van der Waals surface area contributed by atoms with Crippen molar-refractivity contribution in [2.24, 2.45) is 0 Å². The van der Waals surface area contributed by atoms with Crippen LogP contribution in [0, 0.1) is 0 Å². The lowest BCUT2D eigenvalue weighted by Crippen LogP contribution is -1.99. The van der Waals surface area contributed by atoms with E-state index in [9.17, 15) is 0 Å². The van der Waals surface area contributed by atoms with Crippen LogP contribution in [0.5, 0.6) is 0 Å². The second kappa shape index (κ2) is 4.82. The number of hydrogen-bond donors (Lipinski definition) is 0. The van der Waals surface area contributed by atoms with Crippen LogP contribution in [0.1, 0.15) is 22.6 Å². The summed E-state index contributed by atoms with van der Waals surface area (Å²) in [5.41, 5.74) is 7.01. The van der Waals surface area contributed by atoms with Crippen molar-refractivity contribution < 1.29 is 0 Å². The van der Waals surface area contributed by atoms with E-state index in [1.54, 1.807) is 0 Å². The van der Waals surface area contributed by atoms with Gasteiger partial charge in [-0.1, -0.05) is 91.0 Å². The molecule has 0 bridgehead atoms. The Hall–Kier alpha value is -2.86. The molecular formula is C23H16. The molecule has 4 aromatic carbocycles. The molecule has 0 N–H and O–H groups in total. The van der Waals surface area contributed by atoms with Crippen LogP contribution in [0.15, 0.2) is 91.0 Å². The molecule has 4 aromatic rings. The molecule has 0 saturated carbocycles. The number of hydrogen-bond acceptors (Lipinski definition) is 0. The molecule has 0 heterocycles. The zero-order chi connectivity index (χ0) is 15.2. The van der Waals surface area contributed by atoms with Crippen LogP contribution in [0.4, 0.5) is 0 Å². The minimum atomic E-state index is 0.327. The molecular weight excluding hydrogens is 276 g/mol. The summed E-state index contributed by atoms with van der Waals surface area (Å²) in [6.07, 6.45) is 0. The van der Waals surface area contributed by atoms with Gasteiger partial charge in [0.1, 0.15) is 0 Å². The molecule has 0 radical (unpaired) electrons. The maximum atomic E-state index is 2.29. The molecule has 1 aliphatic rings. The monoisotopic (exact) mass is 292 g/mol. The third kappa shape index (κ3) is 1.78. The van der Waals surface area contributed by atoms with E-state index >= 15 is 0 Å². The fourth-order valence-corrected chi connectivity index (χ4v) is 3.98. The zero-order valence-electron chi connectivity index (χ0n) is 12.7. The predicted molar refractivity (Wildman–Crippen MR) is 96.8 cm³/mol. The van der Waals surface area contributed by atoms with Crippen molar-refractivity contribution in [3.8, 4) is 11.1 Å². The van der Waals surface area contributed by atoms with E-state index in [2.05, 4.69) is 91.0 Å². The normalized spacial score (nSPS) is 15.4. The van der Waals surface area contributed by atoms with E-state index in [-0.39, 0.29) is 0 Å². The van der Waals surface area contributed by atoms with Crippen LogP contribution in [-0.2, 0) is 0 Å². The van der Waals surface area contributed by atoms with Crippen LogP contribution in [0.2, 0.25) is 0 Å². The Morgan fingerprint density at radius 1 is 0.522 bits per heavy atom. The number of rotatable bonds is 1. The Labute approximate surface area is 136 Å². The average Bonchev–Trinajstić information content (AvgIpc) is 2.97. The van der Waals surface area contributed by atoms with Gasteiger partial charge in [-0.05, 0) is 38.6 Å². The van der Waals surface area contributed by atoms with Crippen LogP contribution in [-0.4, -0.2) is 0 Å². The van der Waals surface area contributed by atoms with Crippen molar-refractivity contribution >= 4 is 10.8 Å². The summed E-state index contributed by atoms with van der Waals surface area (Å²) >= 11 is 0. The zero-order valence-corrected chi connectivity index (χ0v) is 12.7. The van der Waals surface area contributed by atoms with Crippen LogP contribution in [0.25, 0.3) is 21.9 Å². The molecule has 1 unspecified atom stereocenters. The molecule has 5 rings (SSSR count). The Morgan fingerprint density at radius 3 is 2.17 bits per heavy atom. The lowest BCUT2D eigenvalue weighted by atomic mass is 9.87. The first-order valence-electron chi connectivity index (χ1n) is 8.09. The first kappa shape index (κ1) is 12.7. The van der Waals surface area contributed by atoms with Gasteiger partial charge >= 0.3 is 0 Å². The highest BCUT2D eigenvalue weighted by Crippen LogP contribution is 2.50. The van der Waals surface area contributed by atoms with E-state index in [0.717, 1.165) is 0 Å². The quantitative estimate of drug-likeness (QED) is 0.355. The molecule has 108 valence electrons. The Bertz CT molecular complexity index is 1010. The van der Waals surface area contributed by atoms with E-state index < -0.39 is 0 Å². The molecule has 0 nitrogen and oxygen atoms in total. The van der Waals surface area contributed by atoms with E-state index in [0.29, 0.717) is 5.92 Å². The topological polar surface area (TPSA) is 0 Å². The lowest BCUT2D eigenvalue weighted by molar-refractivity contribution is 1.03. The highest BCUT2D eigenvalue weighted by Gasteiger charge is 2.30. The van der Waals surface area contributed by atoms with Gasteiger partial charge in [-0.25, -0.2) is 0 Å². The SMILES string of the molecule is c1ccc(C2c3ccccc3-c3ccc4ccccc4c32)cc1. The molecule has 1 atom stereocenters. The van der Waals surface area contributed by atoms with Gasteiger partial charge in [-0.2, -0.15) is 0 Å². The number of benzene rings is 4. The Morgan fingerprint density at radius 2 is 1.26 bits per heavy atom. The summed E-state index contributed by atoms with van der Waals surface area (Å²) in [6.45, 7) is 0. The van der Waals surface area contributed by atoms with Gasteiger partial charge in [0.15, 0.2) is 0 Å². The van der Waals surface area contributed by atoms with Crippen molar-refractivity contribution in [2.45, 2.75) is 5.92 Å². The van der Waals surface area contributed by atoms with Gasteiger partial charge in [0.25, 0.3) is 0 Å². The molecule has 0 fully saturated rings. The Balaban J connectivity index is 1.91. The van der Waals surface area contributed by atoms with Crippen molar-refractivity contribution in [1.82, 2.24) is 0 Å². The van der Waals surface area contributed by atoms with E-state index in [4.69, 9.17) is 0 Å². The van der Waals surface area contributed by atoms with Gasteiger partial charge in [0.05, 0.1) is 0 Å².